The van der Waals surface area contributed by atoms with Crippen LogP contribution in [-0.2, 0) is 0 Å². The summed E-state index contributed by atoms with van der Waals surface area (Å²) in [7, 11) is 1.48. The van der Waals surface area contributed by atoms with E-state index >= 15 is 0 Å². The summed E-state index contributed by atoms with van der Waals surface area (Å²) >= 11 is 0. The van der Waals surface area contributed by atoms with Crippen molar-refractivity contribution in [3.05, 3.63) is 64.4 Å². The van der Waals surface area contributed by atoms with Gasteiger partial charge in [0.1, 0.15) is 11.4 Å². The van der Waals surface area contributed by atoms with E-state index in [1.807, 2.05) is 30.3 Å². The SMILES string of the molecule is COc1cc(-c2ccccc2)cc2c(=O)cc(C(=O)O)[nH]c12. The molecule has 2 N–H and O–H groups in total. The van der Waals surface area contributed by atoms with Gasteiger partial charge in [-0.2, -0.15) is 0 Å². The Bertz CT molecular complexity index is 913. The lowest BCUT2D eigenvalue weighted by Crippen LogP contribution is -2.10. The minimum absolute atomic E-state index is 0.164. The number of benzene rings is 2. The van der Waals surface area contributed by atoms with Crippen LogP contribution >= 0.6 is 0 Å². The van der Waals surface area contributed by atoms with E-state index in [1.54, 1.807) is 12.1 Å². The number of hydrogen-bond donors (Lipinski definition) is 2. The second-order valence-electron chi connectivity index (χ2n) is 4.82. The fourth-order valence-electron chi connectivity index (χ4n) is 2.39. The minimum atomic E-state index is -1.19. The van der Waals surface area contributed by atoms with E-state index in [0.717, 1.165) is 17.2 Å². The molecular formula is C17H13NO4. The number of nitrogens with one attached hydrogen (secondary N) is 1. The largest absolute Gasteiger partial charge is 0.495 e. The second kappa shape index (κ2) is 5.37. The number of rotatable bonds is 3. The maximum absolute atomic E-state index is 12.2. The molecule has 0 saturated carbocycles. The molecule has 1 aromatic heterocycles. The number of carbonyl (C=O) groups is 1. The number of hydrogen-bond acceptors (Lipinski definition) is 3. The molecule has 0 atom stereocenters. The average Bonchev–Trinajstić information content (AvgIpc) is 2.54. The van der Waals surface area contributed by atoms with Crippen LogP contribution in [0.3, 0.4) is 0 Å². The molecule has 0 amide bonds. The lowest BCUT2D eigenvalue weighted by Gasteiger charge is -2.10. The summed E-state index contributed by atoms with van der Waals surface area (Å²) < 4.78 is 5.32. The third-order valence-corrected chi connectivity index (χ3v) is 3.46. The standard InChI is InChI=1S/C17H13NO4/c1-22-15-8-11(10-5-3-2-4-6-10)7-12-14(19)9-13(17(20)21)18-16(12)15/h2-9H,1H3,(H,18,19)(H,20,21). The first kappa shape index (κ1) is 13.9. The van der Waals surface area contributed by atoms with Crippen molar-refractivity contribution in [2.24, 2.45) is 0 Å². The monoisotopic (exact) mass is 295 g/mol. The van der Waals surface area contributed by atoms with E-state index in [4.69, 9.17) is 9.84 Å². The van der Waals surface area contributed by atoms with Gasteiger partial charge in [0.15, 0.2) is 5.43 Å². The molecule has 0 radical (unpaired) electrons. The van der Waals surface area contributed by atoms with Crippen molar-refractivity contribution in [1.29, 1.82) is 0 Å². The minimum Gasteiger partial charge on any atom is -0.495 e. The van der Waals surface area contributed by atoms with E-state index in [-0.39, 0.29) is 11.1 Å². The van der Waals surface area contributed by atoms with Gasteiger partial charge in [0, 0.05) is 11.5 Å². The lowest BCUT2D eigenvalue weighted by molar-refractivity contribution is 0.0691. The highest BCUT2D eigenvalue weighted by Gasteiger charge is 2.13. The quantitative estimate of drug-likeness (QED) is 0.778. The normalized spacial score (nSPS) is 10.6. The molecule has 1 heterocycles. The summed E-state index contributed by atoms with van der Waals surface area (Å²) in [6.07, 6.45) is 0. The number of aromatic nitrogens is 1. The molecule has 0 bridgehead atoms. The van der Waals surface area contributed by atoms with Crippen molar-refractivity contribution >= 4 is 16.9 Å². The Morgan fingerprint density at radius 1 is 1.09 bits per heavy atom. The highest BCUT2D eigenvalue weighted by atomic mass is 16.5. The van der Waals surface area contributed by atoms with Crippen LogP contribution in [0.25, 0.3) is 22.0 Å². The number of fused-ring (bicyclic) bond motifs is 1. The second-order valence-corrected chi connectivity index (χ2v) is 4.82. The Hall–Kier alpha value is -3.08. The number of methoxy groups -OCH3 is 1. The van der Waals surface area contributed by atoms with Gasteiger partial charge in [-0.05, 0) is 23.3 Å². The molecule has 0 fully saturated rings. The molecule has 0 saturated heterocycles. The van der Waals surface area contributed by atoms with Crippen LogP contribution in [0.2, 0.25) is 0 Å². The van der Waals surface area contributed by atoms with Gasteiger partial charge >= 0.3 is 5.97 Å². The predicted octanol–water partition coefficient (Wildman–Crippen LogP) is 2.90. The number of carboxylic acids is 1. The maximum Gasteiger partial charge on any atom is 0.352 e. The highest BCUT2D eigenvalue weighted by molar-refractivity contribution is 5.94. The molecule has 110 valence electrons. The molecular weight excluding hydrogens is 282 g/mol. The molecule has 3 aromatic rings. The first-order valence-electron chi connectivity index (χ1n) is 6.64. The van der Waals surface area contributed by atoms with Gasteiger partial charge in [0.25, 0.3) is 0 Å². The molecule has 5 nitrogen and oxygen atoms in total. The Morgan fingerprint density at radius 3 is 2.45 bits per heavy atom. The van der Waals surface area contributed by atoms with Crippen LogP contribution < -0.4 is 10.2 Å². The summed E-state index contributed by atoms with van der Waals surface area (Å²) in [4.78, 5) is 26.0. The van der Waals surface area contributed by atoms with Gasteiger partial charge in [-0.3, -0.25) is 4.79 Å². The molecule has 3 rings (SSSR count). The maximum atomic E-state index is 12.2. The number of aromatic carboxylic acids is 1. The summed E-state index contributed by atoms with van der Waals surface area (Å²) in [5.41, 5.74) is 1.64. The molecule has 5 heteroatoms. The lowest BCUT2D eigenvalue weighted by atomic mass is 10.0. The van der Waals surface area contributed by atoms with E-state index in [2.05, 4.69) is 4.98 Å². The van der Waals surface area contributed by atoms with Crippen molar-refractivity contribution in [1.82, 2.24) is 4.98 Å². The topological polar surface area (TPSA) is 79.4 Å². The van der Waals surface area contributed by atoms with Crippen molar-refractivity contribution in [2.75, 3.05) is 7.11 Å². The molecule has 0 aliphatic carbocycles. The van der Waals surface area contributed by atoms with Crippen molar-refractivity contribution in [3.63, 3.8) is 0 Å². The summed E-state index contributed by atoms with van der Waals surface area (Å²) in [6.45, 7) is 0. The Morgan fingerprint density at radius 2 is 1.82 bits per heavy atom. The van der Waals surface area contributed by atoms with Gasteiger partial charge in [0.05, 0.1) is 12.6 Å². The molecule has 22 heavy (non-hydrogen) atoms. The molecule has 0 unspecified atom stereocenters. The fourth-order valence-corrected chi connectivity index (χ4v) is 2.39. The third-order valence-electron chi connectivity index (χ3n) is 3.46. The zero-order valence-electron chi connectivity index (χ0n) is 11.8. The van der Waals surface area contributed by atoms with Crippen LogP contribution in [0.4, 0.5) is 0 Å². The van der Waals surface area contributed by atoms with Gasteiger partial charge in [-0.25, -0.2) is 4.79 Å². The first-order chi connectivity index (χ1) is 10.6. The van der Waals surface area contributed by atoms with E-state index < -0.39 is 5.97 Å². The molecule has 0 aliphatic rings. The predicted molar refractivity (Wildman–Crippen MR) is 83.5 cm³/mol. The Kier molecular flexibility index (Phi) is 3.39. The first-order valence-corrected chi connectivity index (χ1v) is 6.64. The van der Waals surface area contributed by atoms with Crippen LogP contribution in [0.5, 0.6) is 5.75 Å². The van der Waals surface area contributed by atoms with Crippen LogP contribution in [0, 0.1) is 0 Å². The smallest absolute Gasteiger partial charge is 0.352 e. The zero-order valence-corrected chi connectivity index (χ0v) is 11.8. The molecule has 0 spiro atoms. The van der Waals surface area contributed by atoms with E-state index in [9.17, 15) is 9.59 Å². The van der Waals surface area contributed by atoms with Crippen LogP contribution in [-0.4, -0.2) is 23.2 Å². The Balaban J connectivity index is 2.33. The fraction of sp³-hybridized carbons (Fsp3) is 0.0588. The van der Waals surface area contributed by atoms with Gasteiger partial charge < -0.3 is 14.8 Å². The van der Waals surface area contributed by atoms with E-state index in [0.29, 0.717) is 16.7 Å². The number of carboxylic acid groups (broad SMARTS) is 1. The summed E-state index contributed by atoms with van der Waals surface area (Å²) in [5, 5.41) is 9.45. The van der Waals surface area contributed by atoms with E-state index in [1.165, 1.54) is 7.11 Å². The van der Waals surface area contributed by atoms with Crippen molar-refractivity contribution in [2.45, 2.75) is 0 Å². The molecule has 0 aliphatic heterocycles. The zero-order chi connectivity index (χ0) is 15.7. The van der Waals surface area contributed by atoms with Crippen LogP contribution in [0.1, 0.15) is 10.5 Å². The number of pyridine rings is 1. The average molecular weight is 295 g/mol. The number of aromatic amines is 1. The van der Waals surface area contributed by atoms with Crippen molar-refractivity contribution < 1.29 is 14.6 Å². The van der Waals surface area contributed by atoms with Gasteiger partial charge in [-0.1, -0.05) is 30.3 Å². The van der Waals surface area contributed by atoms with Gasteiger partial charge in [-0.15, -0.1) is 0 Å². The molecule has 2 aromatic carbocycles. The summed E-state index contributed by atoms with van der Waals surface area (Å²) in [6, 6.07) is 14.2. The number of ether oxygens (including phenoxy) is 1. The van der Waals surface area contributed by atoms with Crippen LogP contribution in [0.15, 0.2) is 53.3 Å². The highest BCUT2D eigenvalue weighted by Crippen LogP contribution is 2.30. The summed E-state index contributed by atoms with van der Waals surface area (Å²) in [5.74, 6) is -0.759. The van der Waals surface area contributed by atoms with Crippen molar-refractivity contribution in [3.8, 4) is 16.9 Å². The Labute approximate surface area is 125 Å². The third kappa shape index (κ3) is 2.33. The van der Waals surface area contributed by atoms with Gasteiger partial charge in [0.2, 0.25) is 0 Å². The number of H-pyrrole nitrogens is 1.